The summed E-state index contributed by atoms with van der Waals surface area (Å²) < 4.78 is 10.3. The molecule has 30 heavy (non-hydrogen) atoms. The zero-order chi connectivity index (χ0) is 21.3. The van der Waals surface area contributed by atoms with Gasteiger partial charge >= 0.3 is 11.6 Å². The molecule has 2 aromatic rings. The van der Waals surface area contributed by atoms with Crippen molar-refractivity contribution in [2.45, 2.75) is 38.6 Å². The lowest BCUT2D eigenvalue weighted by atomic mass is 9.97. The minimum atomic E-state index is -0.705. The number of nitrogens with zero attached hydrogens (tertiary/aromatic N) is 2. The molecule has 0 bridgehead atoms. The number of amides is 2. The molecule has 2 atom stereocenters. The fraction of sp³-hybridized carbons (Fsp3) is 0.455. The van der Waals surface area contributed by atoms with E-state index >= 15 is 0 Å². The topological polar surface area (TPSA) is 97.1 Å². The van der Waals surface area contributed by atoms with Gasteiger partial charge in [0.15, 0.2) is 0 Å². The van der Waals surface area contributed by atoms with Crippen molar-refractivity contribution in [1.82, 2.24) is 4.90 Å². The Hall–Kier alpha value is -3.16. The van der Waals surface area contributed by atoms with E-state index in [9.17, 15) is 19.2 Å². The van der Waals surface area contributed by atoms with E-state index in [1.165, 1.54) is 11.0 Å². The van der Waals surface area contributed by atoms with Gasteiger partial charge in [0.25, 0.3) is 0 Å². The highest BCUT2D eigenvalue weighted by atomic mass is 16.5. The molecule has 2 aliphatic rings. The number of carbonyl (C=O) groups is 3. The van der Waals surface area contributed by atoms with E-state index in [4.69, 9.17) is 9.15 Å². The Balaban J connectivity index is 1.63. The Morgan fingerprint density at radius 2 is 2.00 bits per heavy atom. The van der Waals surface area contributed by atoms with E-state index in [1.807, 2.05) is 0 Å². The molecule has 1 aromatic carbocycles. The van der Waals surface area contributed by atoms with E-state index in [0.717, 1.165) is 0 Å². The summed E-state index contributed by atoms with van der Waals surface area (Å²) in [6.45, 7) is 2.88. The Labute approximate surface area is 173 Å². The lowest BCUT2D eigenvalue weighted by Crippen LogP contribution is -2.51. The molecule has 2 saturated heterocycles. The van der Waals surface area contributed by atoms with E-state index < -0.39 is 11.7 Å². The van der Waals surface area contributed by atoms with E-state index in [0.29, 0.717) is 49.1 Å². The number of piperidine rings is 1. The molecular weight excluding hydrogens is 388 g/mol. The molecule has 158 valence electrons. The van der Waals surface area contributed by atoms with E-state index in [2.05, 4.69) is 0 Å². The van der Waals surface area contributed by atoms with Crippen LogP contribution >= 0.6 is 0 Å². The fourth-order valence-electron chi connectivity index (χ4n) is 4.35. The number of hydrogen-bond donors (Lipinski definition) is 0. The maximum Gasteiger partial charge on any atom is 0.338 e. The maximum absolute atomic E-state index is 13.4. The normalized spacial score (nSPS) is 21.8. The van der Waals surface area contributed by atoms with Crippen LogP contribution < -0.4 is 10.5 Å². The van der Waals surface area contributed by atoms with Gasteiger partial charge in [0, 0.05) is 31.0 Å². The third kappa shape index (κ3) is 3.69. The van der Waals surface area contributed by atoms with Crippen molar-refractivity contribution in [1.29, 1.82) is 0 Å². The standard InChI is InChI=1S/C22H24N2O6/c1-2-29-22(28)14-6-5-11-23(13-14)21(27)16-9-10-19(25)24(16)17-12-20(26)30-18-8-4-3-7-15(17)18/h3-4,7-8,12,14,16H,2,5-6,9-11,13H2,1H3/t14-,16+/m1/s1. The quantitative estimate of drug-likeness (QED) is 0.564. The smallest absolute Gasteiger partial charge is 0.338 e. The number of esters is 1. The molecule has 0 unspecified atom stereocenters. The zero-order valence-electron chi connectivity index (χ0n) is 16.8. The van der Waals surface area contributed by atoms with Crippen LogP contribution in [0, 0.1) is 5.92 Å². The highest BCUT2D eigenvalue weighted by molar-refractivity contribution is 6.08. The summed E-state index contributed by atoms with van der Waals surface area (Å²) in [5.74, 6) is -1.05. The van der Waals surface area contributed by atoms with Gasteiger partial charge in [-0.2, -0.15) is 0 Å². The molecule has 8 nitrogen and oxygen atoms in total. The molecule has 8 heteroatoms. The number of para-hydroxylation sites is 1. The van der Waals surface area contributed by atoms with Gasteiger partial charge in [-0.25, -0.2) is 4.79 Å². The predicted molar refractivity (Wildman–Crippen MR) is 109 cm³/mol. The average molecular weight is 412 g/mol. The molecule has 3 heterocycles. The highest BCUT2D eigenvalue weighted by Crippen LogP contribution is 2.33. The molecule has 0 radical (unpaired) electrons. The number of rotatable bonds is 4. The summed E-state index contributed by atoms with van der Waals surface area (Å²) in [6, 6.07) is 7.52. The first-order chi connectivity index (χ1) is 14.5. The van der Waals surface area contributed by atoms with Crippen LogP contribution in [0.2, 0.25) is 0 Å². The minimum Gasteiger partial charge on any atom is -0.466 e. The van der Waals surface area contributed by atoms with Crippen LogP contribution in [0.1, 0.15) is 32.6 Å². The molecule has 2 aliphatic heterocycles. The molecular formula is C22H24N2O6. The number of benzene rings is 1. The van der Waals surface area contributed by atoms with Crippen LogP contribution in [0.25, 0.3) is 11.0 Å². The SMILES string of the molecule is CCOC(=O)[C@@H]1CCCN(C(=O)[C@@H]2CCC(=O)N2c2cc(=O)oc3ccccc23)C1. The summed E-state index contributed by atoms with van der Waals surface area (Å²) in [5.41, 5.74) is 0.183. The first-order valence-electron chi connectivity index (χ1n) is 10.3. The van der Waals surface area contributed by atoms with Gasteiger partial charge in [-0.05, 0) is 38.3 Å². The van der Waals surface area contributed by atoms with Crippen LogP contribution in [-0.4, -0.2) is 48.4 Å². The van der Waals surface area contributed by atoms with Crippen molar-refractivity contribution in [3.63, 3.8) is 0 Å². The van der Waals surface area contributed by atoms with E-state index in [1.54, 1.807) is 36.1 Å². The number of hydrogen-bond acceptors (Lipinski definition) is 6. The van der Waals surface area contributed by atoms with Crippen molar-refractivity contribution in [3.05, 3.63) is 40.8 Å². The Morgan fingerprint density at radius 1 is 1.20 bits per heavy atom. The summed E-state index contributed by atoms with van der Waals surface area (Å²) in [6.07, 6.45) is 1.97. The largest absolute Gasteiger partial charge is 0.466 e. The summed E-state index contributed by atoms with van der Waals surface area (Å²) in [5, 5.41) is 0.605. The highest BCUT2D eigenvalue weighted by Gasteiger charge is 2.41. The van der Waals surface area contributed by atoms with Gasteiger partial charge in [0.05, 0.1) is 18.2 Å². The van der Waals surface area contributed by atoms with Crippen molar-refractivity contribution in [3.8, 4) is 0 Å². The van der Waals surface area contributed by atoms with Crippen molar-refractivity contribution < 1.29 is 23.5 Å². The summed E-state index contributed by atoms with van der Waals surface area (Å²) in [4.78, 5) is 53.4. The fourth-order valence-corrected chi connectivity index (χ4v) is 4.35. The van der Waals surface area contributed by atoms with Gasteiger partial charge in [0.1, 0.15) is 11.6 Å². The van der Waals surface area contributed by atoms with E-state index in [-0.39, 0.29) is 36.7 Å². The monoisotopic (exact) mass is 412 g/mol. The van der Waals surface area contributed by atoms with Gasteiger partial charge in [0.2, 0.25) is 11.8 Å². The predicted octanol–water partition coefficient (Wildman–Crippen LogP) is 2.09. The molecule has 0 N–H and O–H groups in total. The second-order valence-corrected chi connectivity index (χ2v) is 7.64. The first kappa shape index (κ1) is 20.1. The minimum absolute atomic E-state index is 0.202. The van der Waals surface area contributed by atoms with Crippen molar-refractivity contribution in [2.24, 2.45) is 5.92 Å². The van der Waals surface area contributed by atoms with Crippen molar-refractivity contribution in [2.75, 3.05) is 24.6 Å². The molecule has 1 aromatic heterocycles. The van der Waals surface area contributed by atoms with Gasteiger partial charge in [-0.15, -0.1) is 0 Å². The van der Waals surface area contributed by atoms with Gasteiger partial charge in [-0.1, -0.05) is 12.1 Å². The second-order valence-electron chi connectivity index (χ2n) is 7.64. The maximum atomic E-state index is 13.4. The molecule has 0 saturated carbocycles. The Bertz CT molecular complexity index is 1050. The summed E-state index contributed by atoms with van der Waals surface area (Å²) >= 11 is 0. The molecule has 0 spiro atoms. The van der Waals surface area contributed by atoms with Crippen LogP contribution in [0.4, 0.5) is 5.69 Å². The Kier molecular flexibility index (Phi) is 5.57. The summed E-state index contributed by atoms with van der Waals surface area (Å²) in [7, 11) is 0. The third-order valence-electron chi connectivity index (χ3n) is 5.74. The van der Waals surface area contributed by atoms with Crippen LogP contribution in [0.5, 0.6) is 0 Å². The van der Waals surface area contributed by atoms with Crippen molar-refractivity contribution >= 4 is 34.4 Å². The molecule has 2 fully saturated rings. The van der Waals surface area contributed by atoms with Crippen LogP contribution in [0.15, 0.2) is 39.5 Å². The lowest BCUT2D eigenvalue weighted by molar-refractivity contribution is -0.151. The number of ether oxygens (including phenoxy) is 1. The number of likely N-dealkylation sites (tertiary alicyclic amines) is 1. The van der Waals surface area contributed by atoms with Gasteiger partial charge < -0.3 is 14.1 Å². The van der Waals surface area contributed by atoms with Gasteiger partial charge in [-0.3, -0.25) is 19.3 Å². The van der Waals surface area contributed by atoms with Crippen LogP contribution in [-0.2, 0) is 19.1 Å². The number of carbonyl (C=O) groups excluding carboxylic acids is 3. The average Bonchev–Trinajstić information content (AvgIpc) is 3.14. The molecule has 2 amide bonds. The zero-order valence-corrected chi connectivity index (χ0v) is 16.8. The van der Waals surface area contributed by atoms with Crippen LogP contribution in [0.3, 0.4) is 0 Å². The number of fused-ring (bicyclic) bond motifs is 1. The second kappa shape index (κ2) is 8.30. The molecule has 4 rings (SSSR count). The first-order valence-corrected chi connectivity index (χ1v) is 10.3. The Morgan fingerprint density at radius 3 is 2.80 bits per heavy atom. The third-order valence-corrected chi connectivity index (χ3v) is 5.74. The lowest BCUT2D eigenvalue weighted by Gasteiger charge is -2.35. The molecule has 0 aliphatic carbocycles. The number of anilines is 1.